The van der Waals surface area contributed by atoms with E-state index in [4.69, 9.17) is 5.73 Å². The Balaban J connectivity index is 1.94. The molecule has 0 aliphatic carbocycles. The van der Waals surface area contributed by atoms with Crippen LogP contribution in [0.2, 0.25) is 0 Å². The zero-order chi connectivity index (χ0) is 13.8. The molecule has 1 fully saturated rings. The molecule has 0 bridgehead atoms. The first-order valence-electron chi connectivity index (χ1n) is 6.84. The van der Waals surface area contributed by atoms with E-state index in [9.17, 15) is 4.79 Å². The molecule has 0 saturated carbocycles. The van der Waals surface area contributed by atoms with E-state index in [0.29, 0.717) is 13.0 Å². The highest BCUT2D eigenvalue weighted by Crippen LogP contribution is 2.10. The molecule has 1 saturated heterocycles. The van der Waals surface area contributed by atoms with E-state index in [1.165, 1.54) is 5.56 Å². The summed E-state index contributed by atoms with van der Waals surface area (Å²) in [5.74, 6) is 0.204. The number of benzene rings is 1. The van der Waals surface area contributed by atoms with Crippen LogP contribution < -0.4 is 5.73 Å². The fourth-order valence-electron chi connectivity index (χ4n) is 2.42. The summed E-state index contributed by atoms with van der Waals surface area (Å²) in [6.45, 7) is 5.11. The number of piperazine rings is 1. The summed E-state index contributed by atoms with van der Waals surface area (Å²) in [5, 5.41) is 0. The Bertz CT molecular complexity index is 430. The Morgan fingerprint density at radius 3 is 2.63 bits per heavy atom. The summed E-state index contributed by atoms with van der Waals surface area (Å²) in [6.07, 6.45) is 0.487. The topological polar surface area (TPSA) is 49.6 Å². The first-order chi connectivity index (χ1) is 9.10. The minimum Gasteiger partial charge on any atom is -0.340 e. The van der Waals surface area contributed by atoms with Crippen molar-refractivity contribution in [3.63, 3.8) is 0 Å². The molecule has 104 valence electrons. The van der Waals surface area contributed by atoms with E-state index in [-0.39, 0.29) is 11.9 Å². The molecule has 1 heterocycles. The van der Waals surface area contributed by atoms with E-state index in [1.54, 1.807) is 0 Å². The third-order valence-electron chi connectivity index (χ3n) is 3.88. The smallest absolute Gasteiger partial charge is 0.227 e. The fraction of sp³-hybridized carbons (Fsp3) is 0.533. The second kappa shape index (κ2) is 6.17. The fourth-order valence-corrected chi connectivity index (χ4v) is 2.42. The van der Waals surface area contributed by atoms with Gasteiger partial charge >= 0.3 is 0 Å². The summed E-state index contributed by atoms with van der Waals surface area (Å²) in [6, 6.07) is 8.45. The zero-order valence-corrected chi connectivity index (χ0v) is 11.8. The number of nitrogens with zero attached hydrogens (tertiary/aromatic N) is 2. The van der Waals surface area contributed by atoms with Crippen LogP contribution in [0.1, 0.15) is 11.1 Å². The molecule has 4 nitrogen and oxygen atoms in total. The largest absolute Gasteiger partial charge is 0.340 e. The number of aryl methyl sites for hydroxylation is 1. The second-order valence-electron chi connectivity index (χ2n) is 5.37. The van der Waals surface area contributed by atoms with Gasteiger partial charge in [0.2, 0.25) is 5.91 Å². The quantitative estimate of drug-likeness (QED) is 0.868. The SMILES string of the molecule is Cc1ccc(CC(=O)N2CCN(C)C(CN)C2)cc1. The molecule has 0 radical (unpaired) electrons. The number of hydrogen-bond donors (Lipinski definition) is 1. The molecular formula is C15H23N3O. The molecule has 4 heteroatoms. The maximum atomic E-state index is 12.3. The number of carbonyl (C=O) groups excluding carboxylic acids is 1. The van der Waals surface area contributed by atoms with Gasteiger partial charge in [0.25, 0.3) is 0 Å². The summed E-state index contributed by atoms with van der Waals surface area (Å²) in [7, 11) is 2.07. The maximum absolute atomic E-state index is 12.3. The van der Waals surface area contributed by atoms with Crippen LogP contribution in [-0.2, 0) is 11.2 Å². The van der Waals surface area contributed by atoms with Crippen molar-refractivity contribution >= 4 is 5.91 Å². The predicted octanol–water partition coefficient (Wildman–Crippen LogP) is 0.639. The third kappa shape index (κ3) is 3.55. The zero-order valence-electron chi connectivity index (χ0n) is 11.8. The first kappa shape index (κ1) is 14.0. The van der Waals surface area contributed by atoms with Crippen LogP contribution in [0.5, 0.6) is 0 Å². The van der Waals surface area contributed by atoms with Gasteiger partial charge in [0, 0.05) is 32.2 Å². The van der Waals surface area contributed by atoms with Crippen molar-refractivity contribution in [2.24, 2.45) is 5.73 Å². The summed E-state index contributed by atoms with van der Waals surface area (Å²) in [5.41, 5.74) is 8.05. The molecule has 1 aliphatic rings. The lowest BCUT2D eigenvalue weighted by Crippen LogP contribution is -2.56. The van der Waals surface area contributed by atoms with Crippen molar-refractivity contribution in [2.75, 3.05) is 33.2 Å². The summed E-state index contributed by atoms with van der Waals surface area (Å²) < 4.78 is 0. The monoisotopic (exact) mass is 261 g/mol. The van der Waals surface area contributed by atoms with Crippen molar-refractivity contribution in [3.8, 4) is 0 Å². The van der Waals surface area contributed by atoms with Gasteiger partial charge in [-0.05, 0) is 19.5 Å². The molecular weight excluding hydrogens is 238 g/mol. The Morgan fingerprint density at radius 1 is 1.32 bits per heavy atom. The number of carbonyl (C=O) groups is 1. The van der Waals surface area contributed by atoms with Crippen LogP contribution in [0.15, 0.2) is 24.3 Å². The van der Waals surface area contributed by atoms with Gasteiger partial charge < -0.3 is 10.6 Å². The van der Waals surface area contributed by atoms with Crippen LogP contribution in [0.3, 0.4) is 0 Å². The normalized spacial score (nSPS) is 20.6. The van der Waals surface area contributed by atoms with Gasteiger partial charge in [0.1, 0.15) is 0 Å². The molecule has 19 heavy (non-hydrogen) atoms. The van der Waals surface area contributed by atoms with Gasteiger partial charge in [-0.25, -0.2) is 0 Å². The van der Waals surface area contributed by atoms with Crippen LogP contribution >= 0.6 is 0 Å². The Morgan fingerprint density at radius 2 is 2.00 bits per heavy atom. The molecule has 1 aromatic rings. The van der Waals surface area contributed by atoms with E-state index in [1.807, 2.05) is 17.0 Å². The molecule has 1 atom stereocenters. The molecule has 2 rings (SSSR count). The third-order valence-corrected chi connectivity index (χ3v) is 3.88. The van der Waals surface area contributed by atoms with Crippen LogP contribution in [-0.4, -0.2) is 55.0 Å². The van der Waals surface area contributed by atoms with Crippen molar-refractivity contribution in [1.29, 1.82) is 0 Å². The number of hydrogen-bond acceptors (Lipinski definition) is 3. The van der Waals surface area contributed by atoms with Crippen molar-refractivity contribution in [3.05, 3.63) is 35.4 Å². The molecule has 1 aromatic carbocycles. The highest BCUT2D eigenvalue weighted by Gasteiger charge is 2.26. The van der Waals surface area contributed by atoms with Gasteiger partial charge in [0.05, 0.1) is 6.42 Å². The van der Waals surface area contributed by atoms with Crippen molar-refractivity contribution in [2.45, 2.75) is 19.4 Å². The predicted molar refractivity (Wildman–Crippen MR) is 76.9 cm³/mol. The number of rotatable bonds is 3. The second-order valence-corrected chi connectivity index (χ2v) is 5.37. The molecule has 1 amide bonds. The van der Waals surface area contributed by atoms with Gasteiger partial charge in [-0.2, -0.15) is 0 Å². The van der Waals surface area contributed by atoms with E-state index in [0.717, 1.165) is 25.2 Å². The summed E-state index contributed by atoms with van der Waals surface area (Å²) >= 11 is 0. The Hall–Kier alpha value is -1.39. The highest BCUT2D eigenvalue weighted by molar-refractivity contribution is 5.79. The number of amides is 1. The average Bonchev–Trinajstić information content (AvgIpc) is 2.42. The minimum absolute atomic E-state index is 0.204. The molecule has 2 N–H and O–H groups in total. The van der Waals surface area contributed by atoms with Gasteiger partial charge in [-0.15, -0.1) is 0 Å². The highest BCUT2D eigenvalue weighted by atomic mass is 16.2. The molecule has 0 spiro atoms. The number of likely N-dealkylation sites (N-methyl/N-ethyl adjacent to an activating group) is 1. The lowest BCUT2D eigenvalue weighted by Gasteiger charge is -2.39. The van der Waals surface area contributed by atoms with Gasteiger partial charge in [-0.1, -0.05) is 29.8 Å². The van der Waals surface area contributed by atoms with E-state index >= 15 is 0 Å². The van der Waals surface area contributed by atoms with E-state index in [2.05, 4.69) is 31.0 Å². The lowest BCUT2D eigenvalue weighted by molar-refractivity contribution is -0.133. The van der Waals surface area contributed by atoms with Crippen LogP contribution in [0.25, 0.3) is 0 Å². The molecule has 1 unspecified atom stereocenters. The first-order valence-corrected chi connectivity index (χ1v) is 6.84. The maximum Gasteiger partial charge on any atom is 0.227 e. The van der Waals surface area contributed by atoms with Crippen LogP contribution in [0.4, 0.5) is 0 Å². The standard InChI is InChI=1S/C15H23N3O/c1-12-3-5-13(6-4-12)9-15(19)18-8-7-17(2)14(10-16)11-18/h3-6,14H,7-11,16H2,1-2H3. The van der Waals surface area contributed by atoms with Crippen LogP contribution in [0, 0.1) is 6.92 Å². The average molecular weight is 261 g/mol. The van der Waals surface area contributed by atoms with Crippen molar-refractivity contribution < 1.29 is 4.79 Å². The Kier molecular flexibility index (Phi) is 4.56. The summed E-state index contributed by atoms with van der Waals surface area (Å²) in [4.78, 5) is 16.5. The Labute approximate surface area is 115 Å². The van der Waals surface area contributed by atoms with Gasteiger partial charge in [0.15, 0.2) is 0 Å². The number of nitrogens with two attached hydrogens (primary N) is 1. The van der Waals surface area contributed by atoms with Crippen molar-refractivity contribution in [1.82, 2.24) is 9.80 Å². The molecule has 0 aromatic heterocycles. The van der Waals surface area contributed by atoms with Gasteiger partial charge in [-0.3, -0.25) is 9.69 Å². The lowest BCUT2D eigenvalue weighted by atomic mass is 10.1. The molecule has 1 aliphatic heterocycles. The minimum atomic E-state index is 0.204. The van der Waals surface area contributed by atoms with E-state index < -0.39 is 0 Å².